The summed E-state index contributed by atoms with van der Waals surface area (Å²) < 4.78 is 5.16. The molecule has 0 aliphatic carbocycles. The van der Waals surface area contributed by atoms with Gasteiger partial charge in [-0.3, -0.25) is 0 Å². The summed E-state index contributed by atoms with van der Waals surface area (Å²) in [7, 11) is 1.69. The van der Waals surface area contributed by atoms with E-state index in [4.69, 9.17) is 4.74 Å². The standard InChI is InChI=1S/C12H12O.C2H6/c1-9-4-3-5-10-8-11(13-2)6-7-12(9)10;1-2/h3-8H,1-2H3;1-2H3. The number of fused-ring (bicyclic) bond motifs is 1. The van der Waals surface area contributed by atoms with Gasteiger partial charge in [0.2, 0.25) is 0 Å². The van der Waals surface area contributed by atoms with Gasteiger partial charge in [0.15, 0.2) is 0 Å². The molecule has 0 bridgehead atoms. The summed E-state index contributed by atoms with van der Waals surface area (Å²) in [4.78, 5) is 0. The van der Waals surface area contributed by atoms with E-state index in [0.717, 1.165) is 5.75 Å². The fraction of sp³-hybridized carbons (Fsp3) is 0.286. The van der Waals surface area contributed by atoms with Crippen molar-refractivity contribution in [3.05, 3.63) is 42.0 Å². The molecule has 2 rings (SSSR count). The van der Waals surface area contributed by atoms with Crippen LogP contribution in [0.3, 0.4) is 0 Å². The second-order valence-corrected chi connectivity index (χ2v) is 3.16. The first kappa shape index (κ1) is 11.6. The summed E-state index contributed by atoms with van der Waals surface area (Å²) in [6, 6.07) is 12.4. The molecule has 0 atom stereocenters. The molecule has 0 unspecified atom stereocenters. The van der Waals surface area contributed by atoms with Gasteiger partial charge in [0.1, 0.15) is 5.75 Å². The molecule has 0 aromatic heterocycles. The molecule has 0 N–H and O–H groups in total. The van der Waals surface area contributed by atoms with Crippen molar-refractivity contribution in [1.29, 1.82) is 0 Å². The van der Waals surface area contributed by atoms with Gasteiger partial charge in [0.25, 0.3) is 0 Å². The zero-order valence-electron chi connectivity index (χ0n) is 9.87. The molecule has 0 heterocycles. The normalized spacial score (nSPS) is 9.33. The molecular formula is C14H18O. The number of aryl methyl sites for hydroxylation is 1. The molecule has 1 nitrogen and oxygen atoms in total. The predicted octanol–water partition coefficient (Wildman–Crippen LogP) is 4.18. The Morgan fingerprint density at radius 2 is 1.73 bits per heavy atom. The molecule has 0 saturated heterocycles. The highest BCUT2D eigenvalue weighted by Gasteiger charge is 1.97. The van der Waals surface area contributed by atoms with Crippen LogP contribution >= 0.6 is 0 Å². The molecule has 80 valence electrons. The van der Waals surface area contributed by atoms with E-state index in [1.54, 1.807) is 7.11 Å². The van der Waals surface area contributed by atoms with Crippen LogP contribution in [0.2, 0.25) is 0 Å². The SMILES string of the molecule is CC.COc1ccc2c(C)cccc2c1. The van der Waals surface area contributed by atoms with Crippen LogP contribution in [0.1, 0.15) is 19.4 Å². The van der Waals surface area contributed by atoms with Gasteiger partial charge in [-0.15, -0.1) is 0 Å². The van der Waals surface area contributed by atoms with Gasteiger partial charge in [0.05, 0.1) is 7.11 Å². The van der Waals surface area contributed by atoms with E-state index in [0.29, 0.717) is 0 Å². The summed E-state index contributed by atoms with van der Waals surface area (Å²) in [5.41, 5.74) is 1.31. The van der Waals surface area contributed by atoms with Crippen LogP contribution < -0.4 is 4.74 Å². The van der Waals surface area contributed by atoms with Crippen LogP contribution in [0, 0.1) is 6.92 Å². The van der Waals surface area contributed by atoms with Gasteiger partial charge in [-0.2, -0.15) is 0 Å². The van der Waals surface area contributed by atoms with Crippen molar-refractivity contribution >= 4 is 10.8 Å². The van der Waals surface area contributed by atoms with Crippen molar-refractivity contribution in [3.63, 3.8) is 0 Å². The monoisotopic (exact) mass is 202 g/mol. The maximum Gasteiger partial charge on any atom is 0.119 e. The van der Waals surface area contributed by atoms with Crippen molar-refractivity contribution in [1.82, 2.24) is 0 Å². The highest BCUT2D eigenvalue weighted by atomic mass is 16.5. The van der Waals surface area contributed by atoms with Crippen molar-refractivity contribution in [2.24, 2.45) is 0 Å². The average Bonchev–Trinajstić information content (AvgIpc) is 2.31. The van der Waals surface area contributed by atoms with Crippen LogP contribution in [-0.4, -0.2) is 7.11 Å². The van der Waals surface area contributed by atoms with Crippen LogP contribution in [0.25, 0.3) is 10.8 Å². The molecule has 0 aliphatic heterocycles. The number of benzene rings is 2. The zero-order chi connectivity index (χ0) is 11.3. The lowest BCUT2D eigenvalue weighted by atomic mass is 10.1. The van der Waals surface area contributed by atoms with E-state index in [-0.39, 0.29) is 0 Å². The van der Waals surface area contributed by atoms with Crippen molar-refractivity contribution in [2.75, 3.05) is 7.11 Å². The summed E-state index contributed by atoms with van der Waals surface area (Å²) >= 11 is 0. The van der Waals surface area contributed by atoms with Crippen LogP contribution in [-0.2, 0) is 0 Å². The minimum atomic E-state index is 0.915. The van der Waals surface area contributed by atoms with Crippen LogP contribution in [0.15, 0.2) is 36.4 Å². The first-order valence-corrected chi connectivity index (χ1v) is 5.34. The van der Waals surface area contributed by atoms with Gasteiger partial charge < -0.3 is 4.74 Å². The quantitative estimate of drug-likeness (QED) is 0.674. The molecule has 0 fully saturated rings. The fourth-order valence-electron chi connectivity index (χ4n) is 1.55. The van der Waals surface area contributed by atoms with E-state index >= 15 is 0 Å². The molecule has 0 aliphatic rings. The van der Waals surface area contributed by atoms with Gasteiger partial charge in [-0.05, 0) is 35.4 Å². The molecule has 1 heteroatoms. The molecule has 0 radical (unpaired) electrons. The largest absolute Gasteiger partial charge is 0.497 e. The lowest BCUT2D eigenvalue weighted by Gasteiger charge is -2.04. The molecule has 15 heavy (non-hydrogen) atoms. The lowest BCUT2D eigenvalue weighted by Crippen LogP contribution is -1.83. The summed E-state index contributed by atoms with van der Waals surface area (Å²) in [6.07, 6.45) is 0. The first-order valence-electron chi connectivity index (χ1n) is 5.34. The van der Waals surface area contributed by atoms with Gasteiger partial charge in [-0.1, -0.05) is 38.1 Å². The highest BCUT2D eigenvalue weighted by molar-refractivity contribution is 5.86. The van der Waals surface area contributed by atoms with E-state index in [1.807, 2.05) is 19.9 Å². The molecular weight excluding hydrogens is 184 g/mol. The smallest absolute Gasteiger partial charge is 0.119 e. The summed E-state index contributed by atoms with van der Waals surface area (Å²) in [5.74, 6) is 0.915. The Morgan fingerprint density at radius 3 is 2.40 bits per heavy atom. The molecule has 0 saturated carbocycles. The number of hydrogen-bond donors (Lipinski definition) is 0. The lowest BCUT2D eigenvalue weighted by molar-refractivity contribution is 0.415. The van der Waals surface area contributed by atoms with Crippen molar-refractivity contribution in [2.45, 2.75) is 20.8 Å². The van der Waals surface area contributed by atoms with Crippen LogP contribution in [0.4, 0.5) is 0 Å². The Balaban J connectivity index is 0.000000531. The van der Waals surface area contributed by atoms with E-state index in [1.165, 1.54) is 16.3 Å². The second-order valence-electron chi connectivity index (χ2n) is 3.16. The van der Waals surface area contributed by atoms with Gasteiger partial charge in [-0.25, -0.2) is 0 Å². The number of ether oxygens (including phenoxy) is 1. The third kappa shape index (κ3) is 2.50. The predicted molar refractivity (Wildman–Crippen MR) is 66.6 cm³/mol. The molecule has 0 spiro atoms. The Bertz CT molecular complexity index is 432. The van der Waals surface area contributed by atoms with E-state index < -0.39 is 0 Å². The van der Waals surface area contributed by atoms with Gasteiger partial charge in [0, 0.05) is 0 Å². The van der Waals surface area contributed by atoms with E-state index in [2.05, 4.69) is 37.3 Å². The number of hydrogen-bond acceptors (Lipinski definition) is 1. The Hall–Kier alpha value is -1.50. The molecule has 2 aromatic carbocycles. The molecule has 2 aromatic rings. The van der Waals surface area contributed by atoms with Crippen LogP contribution in [0.5, 0.6) is 5.75 Å². The summed E-state index contributed by atoms with van der Waals surface area (Å²) in [5, 5.41) is 2.53. The maximum absolute atomic E-state index is 5.16. The third-order valence-electron chi connectivity index (χ3n) is 2.31. The number of methoxy groups -OCH3 is 1. The highest BCUT2D eigenvalue weighted by Crippen LogP contribution is 2.22. The average molecular weight is 202 g/mol. The molecule has 0 amide bonds. The topological polar surface area (TPSA) is 9.23 Å². The maximum atomic E-state index is 5.16. The second kappa shape index (κ2) is 5.40. The zero-order valence-corrected chi connectivity index (χ0v) is 9.87. The fourth-order valence-corrected chi connectivity index (χ4v) is 1.55. The van der Waals surface area contributed by atoms with Crippen molar-refractivity contribution in [3.8, 4) is 5.75 Å². The Kier molecular flexibility index (Phi) is 4.17. The minimum Gasteiger partial charge on any atom is -0.497 e. The minimum absolute atomic E-state index is 0.915. The van der Waals surface area contributed by atoms with Gasteiger partial charge >= 0.3 is 0 Å². The Morgan fingerprint density at radius 1 is 1.00 bits per heavy atom. The number of rotatable bonds is 1. The third-order valence-corrected chi connectivity index (χ3v) is 2.31. The summed E-state index contributed by atoms with van der Waals surface area (Å²) in [6.45, 7) is 6.12. The Labute approximate surface area is 91.7 Å². The van der Waals surface area contributed by atoms with E-state index in [9.17, 15) is 0 Å². The first-order chi connectivity index (χ1) is 7.31. The van der Waals surface area contributed by atoms with Crippen molar-refractivity contribution < 1.29 is 4.74 Å².